The number of nitrogens with two attached hydrogens (primary N) is 1. The summed E-state index contributed by atoms with van der Waals surface area (Å²) in [6.45, 7) is 2.65. The van der Waals surface area contributed by atoms with Gasteiger partial charge in [-0.05, 0) is 19.4 Å². The Labute approximate surface area is 112 Å². The molecule has 2 heterocycles. The molecule has 1 aliphatic heterocycles. The summed E-state index contributed by atoms with van der Waals surface area (Å²) in [4.78, 5) is 6.71. The summed E-state index contributed by atoms with van der Waals surface area (Å²) in [6.07, 6.45) is 2.25. The summed E-state index contributed by atoms with van der Waals surface area (Å²) in [7, 11) is 0. The number of benzene rings is 1. The van der Waals surface area contributed by atoms with E-state index in [1.54, 1.807) is 0 Å². The van der Waals surface area contributed by atoms with Crippen LogP contribution in [0.5, 0.6) is 0 Å². The Kier molecular flexibility index (Phi) is 3.57. The van der Waals surface area contributed by atoms with Crippen LogP contribution in [0.25, 0.3) is 11.4 Å². The van der Waals surface area contributed by atoms with Crippen LogP contribution in [-0.4, -0.2) is 34.2 Å². The second-order valence-electron chi connectivity index (χ2n) is 5.02. The van der Waals surface area contributed by atoms with E-state index in [1.165, 1.54) is 0 Å². The van der Waals surface area contributed by atoms with E-state index >= 15 is 0 Å². The first-order valence-corrected chi connectivity index (χ1v) is 6.67. The first kappa shape index (κ1) is 12.3. The summed E-state index contributed by atoms with van der Waals surface area (Å²) in [5, 5.41) is 4.03. The smallest absolute Gasteiger partial charge is 0.241 e. The highest BCUT2D eigenvalue weighted by Crippen LogP contribution is 2.17. The van der Waals surface area contributed by atoms with Gasteiger partial charge in [-0.25, -0.2) is 0 Å². The van der Waals surface area contributed by atoms with Gasteiger partial charge in [-0.3, -0.25) is 4.90 Å². The van der Waals surface area contributed by atoms with Gasteiger partial charge < -0.3 is 10.3 Å². The largest absolute Gasteiger partial charge is 0.338 e. The van der Waals surface area contributed by atoms with E-state index in [2.05, 4.69) is 15.0 Å². The standard InChI is InChI=1S/C14H18N4O/c15-12-7-4-8-18(9-12)10-13-16-14(17-19-13)11-5-2-1-3-6-11/h1-3,5-6,12H,4,7-10,15H2/t12-/m1/s1. The third-order valence-electron chi connectivity index (χ3n) is 3.40. The van der Waals surface area contributed by atoms with Gasteiger partial charge in [-0.1, -0.05) is 35.5 Å². The SMILES string of the molecule is N[C@@H]1CCCN(Cc2nc(-c3ccccc3)no2)C1. The minimum atomic E-state index is 0.269. The van der Waals surface area contributed by atoms with Gasteiger partial charge in [0.1, 0.15) is 0 Å². The fourth-order valence-electron chi connectivity index (χ4n) is 2.45. The van der Waals surface area contributed by atoms with Gasteiger partial charge >= 0.3 is 0 Å². The van der Waals surface area contributed by atoms with Crippen molar-refractivity contribution in [1.29, 1.82) is 0 Å². The molecule has 0 amide bonds. The van der Waals surface area contributed by atoms with Crippen molar-refractivity contribution in [2.24, 2.45) is 5.73 Å². The minimum absolute atomic E-state index is 0.269. The average molecular weight is 258 g/mol. The van der Waals surface area contributed by atoms with Crippen LogP contribution in [0.3, 0.4) is 0 Å². The molecule has 2 aromatic rings. The van der Waals surface area contributed by atoms with Crippen LogP contribution >= 0.6 is 0 Å². The van der Waals surface area contributed by atoms with E-state index in [4.69, 9.17) is 10.3 Å². The molecule has 0 aliphatic carbocycles. The van der Waals surface area contributed by atoms with Crippen LogP contribution in [0.15, 0.2) is 34.9 Å². The molecule has 0 radical (unpaired) electrons. The lowest BCUT2D eigenvalue weighted by molar-refractivity contribution is 0.178. The maximum absolute atomic E-state index is 5.97. The molecule has 5 nitrogen and oxygen atoms in total. The average Bonchev–Trinajstić information content (AvgIpc) is 2.88. The molecular formula is C14H18N4O. The fourth-order valence-corrected chi connectivity index (χ4v) is 2.45. The molecule has 0 spiro atoms. The van der Waals surface area contributed by atoms with Crippen molar-refractivity contribution in [3.63, 3.8) is 0 Å². The lowest BCUT2D eigenvalue weighted by Crippen LogP contribution is -2.42. The maximum Gasteiger partial charge on any atom is 0.241 e. The van der Waals surface area contributed by atoms with E-state index in [1.807, 2.05) is 30.3 Å². The van der Waals surface area contributed by atoms with Gasteiger partial charge in [-0.2, -0.15) is 4.98 Å². The quantitative estimate of drug-likeness (QED) is 0.906. The van der Waals surface area contributed by atoms with Gasteiger partial charge in [0, 0.05) is 18.2 Å². The Morgan fingerprint density at radius 2 is 2.16 bits per heavy atom. The predicted molar refractivity (Wildman–Crippen MR) is 72.2 cm³/mol. The molecule has 19 heavy (non-hydrogen) atoms. The number of rotatable bonds is 3. The van der Waals surface area contributed by atoms with Gasteiger partial charge in [0.25, 0.3) is 0 Å². The molecule has 100 valence electrons. The molecule has 1 aromatic heterocycles. The Morgan fingerprint density at radius 1 is 1.32 bits per heavy atom. The summed E-state index contributed by atoms with van der Waals surface area (Å²) in [6, 6.07) is 10.1. The molecule has 1 aromatic carbocycles. The highest BCUT2D eigenvalue weighted by Gasteiger charge is 2.19. The zero-order valence-electron chi connectivity index (χ0n) is 10.8. The molecule has 3 rings (SSSR count). The van der Waals surface area contributed by atoms with Gasteiger partial charge in [0.15, 0.2) is 0 Å². The van der Waals surface area contributed by atoms with E-state index in [0.717, 1.165) is 31.5 Å². The minimum Gasteiger partial charge on any atom is -0.338 e. The van der Waals surface area contributed by atoms with E-state index in [9.17, 15) is 0 Å². The number of aromatic nitrogens is 2. The molecule has 2 N–H and O–H groups in total. The normalized spacial score (nSPS) is 20.6. The summed E-state index contributed by atoms with van der Waals surface area (Å²) >= 11 is 0. The van der Waals surface area contributed by atoms with Gasteiger partial charge in [0.2, 0.25) is 11.7 Å². The summed E-state index contributed by atoms with van der Waals surface area (Å²) < 4.78 is 5.31. The third kappa shape index (κ3) is 3.00. The zero-order valence-corrected chi connectivity index (χ0v) is 10.8. The van der Waals surface area contributed by atoms with Crippen LogP contribution in [0.1, 0.15) is 18.7 Å². The second kappa shape index (κ2) is 5.50. The topological polar surface area (TPSA) is 68.2 Å². The van der Waals surface area contributed by atoms with Crippen molar-refractivity contribution < 1.29 is 4.52 Å². The highest BCUT2D eigenvalue weighted by molar-refractivity contribution is 5.53. The van der Waals surface area contributed by atoms with Crippen molar-refractivity contribution >= 4 is 0 Å². The summed E-state index contributed by atoms with van der Waals surface area (Å²) in [5.41, 5.74) is 6.95. The monoisotopic (exact) mass is 258 g/mol. The van der Waals surface area contributed by atoms with Crippen molar-refractivity contribution in [1.82, 2.24) is 15.0 Å². The number of nitrogens with zero attached hydrogens (tertiary/aromatic N) is 3. The summed E-state index contributed by atoms with van der Waals surface area (Å²) in [5.74, 6) is 1.31. The predicted octanol–water partition coefficient (Wildman–Crippen LogP) is 1.66. The number of likely N-dealkylation sites (tertiary alicyclic amines) is 1. The van der Waals surface area contributed by atoms with Crippen LogP contribution < -0.4 is 5.73 Å². The molecule has 1 atom stereocenters. The Bertz CT molecular complexity index is 525. The number of hydrogen-bond donors (Lipinski definition) is 1. The molecular weight excluding hydrogens is 240 g/mol. The van der Waals surface area contributed by atoms with E-state index < -0.39 is 0 Å². The molecule has 1 fully saturated rings. The van der Waals surface area contributed by atoms with Crippen LogP contribution in [-0.2, 0) is 6.54 Å². The number of piperidine rings is 1. The second-order valence-corrected chi connectivity index (χ2v) is 5.02. The highest BCUT2D eigenvalue weighted by atomic mass is 16.5. The molecule has 0 bridgehead atoms. The lowest BCUT2D eigenvalue weighted by atomic mass is 10.1. The van der Waals surface area contributed by atoms with Gasteiger partial charge in [-0.15, -0.1) is 0 Å². The first-order chi connectivity index (χ1) is 9.31. The first-order valence-electron chi connectivity index (χ1n) is 6.67. The van der Waals surface area contributed by atoms with Crippen molar-refractivity contribution in [2.75, 3.05) is 13.1 Å². The molecule has 5 heteroatoms. The van der Waals surface area contributed by atoms with Crippen LogP contribution in [0.2, 0.25) is 0 Å². The molecule has 0 unspecified atom stereocenters. The Hall–Kier alpha value is -1.72. The van der Waals surface area contributed by atoms with Crippen LogP contribution in [0, 0.1) is 0 Å². The van der Waals surface area contributed by atoms with E-state index in [-0.39, 0.29) is 6.04 Å². The zero-order chi connectivity index (χ0) is 13.1. The molecule has 1 saturated heterocycles. The Balaban J connectivity index is 1.68. The molecule has 1 aliphatic rings. The lowest BCUT2D eigenvalue weighted by Gasteiger charge is -2.29. The fraction of sp³-hybridized carbons (Fsp3) is 0.429. The molecule has 0 saturated carbocycles. The number of hydrogen-bond acceptors (Lipinski definition) is 5. The van der Waals surface area contributed by atoms with Crippen molar-refractivity contribution in [2.45, 2.75) is 25.4 Å². The van der Waals surface area contributed by atoms with Crippen LogP contribution in [0.4, 0.5) is 0 Å². The Morgan fingerprint density at radius 3 is 2.95 bits per heavy atom. The third-order valence-corrected chi connectivity index (χ3v) is 3.40. The maximum atomic E-state index is 5.97. The van der Waals surface area contributed by atoms with Crippen molar-refractivity contribution in [3.05, 3.63) is 36.2 Å². The van der Waals surface area contributed by atoms with Gasteiger partial charge in [0.05, 0.1) is 6.54 Å². The van der Waals surface area contributed by atoms with Crippen molar-refractivity contribution in [3.8, 4) is 11.4 Å². The van der Waals surface area contributed by atoms with E-state index in [0.29, 0.717) is 18.3 Å².